The molecule has 25 heavy (non-hydrogen) atoms. The number of hydrogen-bond acceptors (Lipinski definition) is 1. The van der Waals surface area contributed by atoms with Crippen molar-refractivity contribution in [2.24, 2.45) is 0 Å². The Labute approximate surface area is 151 Å². The molecule has 1 aliphatic heterocycles. The number of hydrogen-bond donors (Lipinski definition) is 0. The van der Waals surface area contributed by atoms with Gasteiger partial charge in [0.15, 0.2) is 0 Å². The normalized spacial score (nSPS) is 18.2. The first kappa shape index (κ1) is 16.4. The van der Waals surface area contributed by atoms with Gasteiger partial charge in [0.1, 0.15) is 0 Å². The van der Waals surface area contributed by atoms with E-state index in [0.29, 0.717) is 0 Å². The molecule has 2 heteroatoms. The van der Waals surface area contributed by atoms with Crippen LogP contribution in [0.2, 0.25) is 0 Å². The number of fused-ring (bicyclic) bond motifs is 1. The first-order valence-corrected chi connectivity index (χ1v) is 9.70. The summed E-state index contributed by atoms with van der Waals surface area (Å²) < 4.78 is 2.49. The van der Waals surface area contributed by atoms with Crippen LogP contribution in [0.5, 0.6) is 0 Å². The highest BCUT2D eigenvalue weighted by molar-refractivity contribution is 5.81. The third-order valence-electron chi connectivity index (χ3n) is 5.67. The Morgan fingerprint density at radius 2 is 1.80 bits per heavy atom. The van der Waals surface area contributed by atoms with Gasteiger partial charge in [0, 0.05) is 30.3 Å². The fraction of sp³-hybridized carbons (Fsp3) is 0.391. The highest BCUT2D eigenvalue weighted by Crippen LogP contribution is 2.26. The molecule has 1 aromatic heterocycles. The molecule has 0 aliphatic carbocycles. The molecular formula is C23H28N2. The van der Waals surface area contributed by atoms with Crippen molar-refractivity contribution < 1.29 is 0 Å². The molecule has 2 aromatic carbocycles. The number of aryl methyl sites for hydroxylation is 2. The molecule has 0 bridgehead atoms. The first-order valence-electron chi connectivity index (χ1n) is 9.70. The Balaban J connectivity index is 1.45. The molecule has 0 radical (unpaired) electrons. The van der Waals surface area contributed by atoms with Gasteiger partial charge in [-0.15, -0.1) is 0 Å². The van der Waals surface area contributed by atoms with E-state index in [2.05, 4.69) is 77.1 Å². The number of aromatic nitrogens is 1. The smallest absolute Gasteiger partial charge is 0.0482 e. The van der Waals surface area contributed by atoms with Crippen molar-refractivity contribution in [2.75, 3.05) is 6.54 Å². The minimum absolute atomic E-state index is 0.725. The number of rotatable bonds is 6. The second-order valence-corrected chi connectivity index (χ2v) is 7.23. The monoisotopic (exact) mass is 332 g/mol. The maximum Gasteiger partial charge on any atom is 0.0482 e. The van der Waals surface area contributed by atoms with Gasteiger partial charge >= 0.3 is 0 Å². The summed E-state index contributed by atoms with van der Waals surface area (Å²) >= 11 is 0. The quantitative estimate of drug-likeness (QED) is 0.598. The van der Waals surface area contributed by atoms with Crippen molar-refractivity contribution in [3.63, 3.8) is 0 Å². The van der Waals surface area contributed by atoms with E-state index in [1.165, 1.54) is 54.4 Å². The topological polar surface area (TPSA) is 8.17 Å². The lowest BCUT2D eigenvalue weighted by molar-refractivity contribution is 0.234. The van der Waals surface area contributed by atoms with Crippen LogP contribution in [0.4, 0.5) is 0 Å². The molecule has 1 unspecified atom stereocenters. The fourth-order valence-corrected chi connectivity index (χ4v) is 4.41. The third kappa shape index (κ3) is 3.50. The zero-order chi connectivity index (χ0) is 17.1. The molecule has 2 nitrogen and oxygen atoms in total. The Bertz CT molecular complexity index is 818. The summed E-state index contributed by atoms with van der Waals surface area (Å²) in [6, 6.07) is 22.8. The van der Waals surface area contributed by atoms with Gasteiger partial charge < -0.3 is 4.57 Å². The van der Waals surface area contributed by atoms with Crippen LogP contribution in [0, 0.1) is 0 Å². The maximum absolute atomic E-state index is 2.69. The molecule has 0 spiro atoms. The van der Waals surface area contributed by atoms with Crippen molar-refractivity contribution in [1.29, 1.82) is 0 Å². The molecule has 1 saturated heterocycles. The van der Waals surface area contributed by atoms with Crippen molar-refractivity contribution >= 4 is 10.9 Å². The largest absolute Gasteiger partial charge is 0.345 e. The van der Waals surface area contributed by atoms with Crippen molar-refractivity contribution in [2.45, 2.75) is 51.7 Å². The molecule has 0 amide bonds. The lowest BCUT2D eigenvalue weighted by Crippen LogP contribution is -2.29. The predicted molar refractivity (Wildman–Crippen MR) is 106 cm³/mol. The predicted octanol–water partition coefficient (Wildman–Crippen LogP) is 5.26. The van der Waals surface area contributed by atoms with E-state index < -0.39 is 0 Å². The van der Waals surface area contributed by atoms with E-state index in [0.717, 1.165) is 19.1 Å². The Kier molecular flexibility index (Phi) is 4.89. The molecule has 0 saturated carbocycles. The maximum atomic E-state index is 2.69. The Morgan fingerprint density at radius 3 is 2.64 bits per heavy atom. The van der Waals surface area contributed by atoms with Crippen LogP contribution < -0.4 is 0 Å². The average Bonchev–Trinajstić information content (AvgIpc) is 3.24. The van der Waals surface area contributed by atoms with Crippen LogP contribution >= 0.6 is 0 Å². The summed E-state index contributed by atoms with van der Waals surface area (Å²) in [5.74, 6) is 0. The molecule has 3 aromatic rings. The van der Waals surface area contributed by atoms with E-state index in [9.17, 15) is 0 Å². The summed E-state index contributed by atoms with van der Waals surface area (Å²) in [7, 11) is 0. The van der Waals surface area contributed by atoms with Gasteiger partial charge in [-0.2, -0.15) is 0 Å². The molecular weight excluding hydrogens is 304 g/mol. The standard InChI is InChI=1S/C23H28N2/c1-2-25-22(17-20-11-6-7-13-23(20)25)15-14-21-12-8-16-24(21)18-19-9-4-3-5-10-19/h3-7,9-11,13,17,21H,2,8,12,14-16,18H2,1H3. The summed E-state index contributed by atoms with van der Waals surface area (Å²) in [4.78, 5) is 2.69. The number of para-hydroxylation sites is 1. The summed E-state index contributed by atoms with van der Waals surface area (Å²) in [5, 5.41) is 1.38. The van der Waals surface area contributed by atoms with Gasteiger partial charge in [-0.25, -0.2) is 0 Å². The van der Waals surface area contributed by atoms with E-state index >= 15 is 0 Å². The van der Waals surface area contributed by atoms with Gasteiger partial charge in [-0.1, -0.05) is 48.5 Å². The van der Waals surface area contributed by atoms with Crippen LogP contribution in [-0.4, -0.2) is 22.1 Å². The molecule has 0 N–H and O–H groups in total. The SMILES string of the molecule is CCn1c(CCC2CCCN2Cc2ccccc2)cc2ccccc21. The van der Waals surface area contributed by atoms with Crippen molar-refractivity contribution in [3.05, 3.63) is 71.9 Å². The lowest BCUT2D eigenvalue weighted by Gasteiger charge is -2.24. The summed E-state index contributed by atoms with van der Waals surface area (Å²) in [5.41, 5.74) is 4.32. The van der Waals surface area contributed by atoms with Crippen molar-refractivity contribution in [1.82, 2.24) is 9.47 Å². The van der Waals surface area contributed by atoms with E-state index in [-0.39, 0.29) is 0 Å². The molecule has 4 rings (SSSR count). The third-order valence-corrected chi connectivity index (χ3v) is 5.67. The van der Waals surface area contributed by atoms with E-state index in [1.807, 2.05) is 0 Å². The zero-order valence-corrected chi connectivity index (χ0v) is 15.2. The van der Waals surface area contributed by atoms with Gasteiger partial charge in [-0.05, 0) is 62.2 Å². The van der Waals surface area contributed by atoms with Crippen LogP contribution in [0.1, 0.15) is 37.4 Å². The molecule has 1 atom stereocenters. The molecule has 1 aliphatic rings. The van der Waals surface area contributed by atoms with Crippen LogP contribution in [-0.2, 0) is 19.5 Å². The second kappa shape index (κ2) is 7.45. The molecule has 2 heterocycles. The minimum atomic E-state index is 0.725. The van der Waals surface area contributed by atoms with Crippen LogP contribution in [0.3, 0.4) is 0 Å². The second-order valence-electron chi connectivity index (χ2n) is 7.23. The van der Waals surface area contributed by atoms with Crippen LogP contribution in [0.15, 0.2) is 60.7 Å². The summed E-state index contributed by atoms with van der Waals surface area (Å²) in [6.07, 6.45) is 5.13. The highest BCUT2D eigenvalue weighted by atomic mass is 15.2. The zero-order valence-electron chi connectivity index (χ0n) is 15.2. The summed E-state index contributed by atoms with van der Waals surface area (Å²) in [6.45, 7) is 5.66. The number of benzene rings is 2. The lowest BCUT2D eigenvalue weighted by atomic mass is 10.1. The first-order chi connectivity index (χ1) is 12.3. The number of nitrogens with zero attached hydrogens (tertiary/aromatic N) is 2. The minimum Gasteiger partial charge on any atom is -0.345 e. The van der Waals surface area contributed by atoms with Gasteiger partial charge in [0.05, 0.1) is 0 Å². The molecule has 130 valence electrons. The average molecular weight is 332 g/mol. The highest BCUT2D eigenvalue weighted by Gasteiger charge is 2.24. The fourth-order valence-electron chi connectivity index (χ4n) is 4.41. The van der Waals surface area contributed by atoms with Gasteiger partial charge in [0.2, 0.25) is 0 Å². The Hall–Kier alpha value is -2.06. The van der Waals surface area contributed by atoms with E-state index in [4.69, 9.17) is 0 Å². The van der Waals surface area contributed by atoms with Gasteiger partial charge in [-0.3, -0.25) is 4.90 Å². The van der Waals surface area contributed by atoms with Crippen molar-refractivity contribution in [3.8, 4) is 0 Å². The Morgan fingerprint density at radius 1 is 1.00 bits per heavy atom. The van der Waals surface area contributed by atoms with Crippen LogP contribution in [0.25, 0.3) is 10.9 Å². The number of likely N-dealkylation sites (tertiary alicyclic amines) is 1. The van der Waals surface area contributed by atoms with E-state index in [1.54, 1.807) is 0 Å². The van der Waals surface area contributed by atoms with Gasteiger partial charge in [0.25, 0.3) is 0 Å². The molecule has 1 fully saturated rings.